The van der Waals surface area contributed by atoms with Gasteiger partial charge in [-0.05, 0) is 50.6 Å². The van der Waals surface area contributed by atoms with Crippen LogP contribution in [0.1, 0.15) is 39.0 Å². The summed E-state index contributed by atoms with van der Waals surface area (Å²) in [4.78, 5) is 31.0. The lowest BCUT2D eigenvalue weighted by molar-refractivity contribution is -0.892. The lowest BCUT2D eigenvalue weighted by atomic mass is 10.1. The Bertz CT molecular complexity index is 818. The second-order valence-electron chi connectivity index (χ2n) is 6.99. The van der Waals surface area contributed by atoms with Crippen LogP contribution in [-0.2, 0) is 0 Å². The highest BCUT2D eigenvalue weighted by atomic mass is 19.1. The normalized spacial score (nSPS) is 15.3. The molecule has 26 heavy (non-hydrogen) atoms. The van der Waals surface area contributed by atoms with Gasteiger partial charge in [-0.3, -0.25) is 9.59 Å². The van der Waals surface area contributed by atoms with Crippen LogP contribution in [0.3, 0.4) is 0 Å². The number of anilines is 1. The van der Waals surface area contributed by atoms with Crippen molar-refractivity contribution in [1.82, 2.24) is 4.98 Å². The fourth-order valence-corrected chi connectivity index (χ4v) is 3.78. The molecule has 6 heteroatoms. The van der Waals surface area contributed by atoms with Crippen LogP contribution >= 0.6 is 0 Å². The number of hydrogen-bond donors (Lipinski definition) is 2. The van der Waals surface area contributed by atoms with Gasteiger partial charge in [0.15, 0.2) is 5.78 Å². The molecule has 1 aromatic heterocycles. The Morgan fingerprint density at radius 3 is 2.31 bits per heavy atom. The first-order chi connectivity index (χ1) is 12.4. The molecule has 0 aliphatic carbocycles. The van der Waals surface area contributed by atoms with Gasteiger partial charge < -0.3 is 14.8 Å². The van der Waals surface area contributed by atoms with Crippen LogP contribution in [0.5, 0.6) is 0 Å². The number of aromatic nitrogens is 1. The number of carbonyl (C=O) groups is 2. The summed E-state index contributed by atoms with van der Waals surface area (Å²) in [5.74, 6) is -0.205. The third-order valence-corrected chi connectivity index (χ3v) is 5.14. The molecular formula is C20H25FN3O2+. The van der Waals surface area contributed by atoms with Gasteiger partial charge in [-0.25, -0.2) is 4.39 Å². The van der Waals surface area contributed by atoms with E-state index in [4.69, 9.17) is 0 Å². The largest absolute Gasteiger partial charge is 0.360 e. The van der Waals surface area contributed by atoms with Gasteiger partial charge >= 0.3 is 0 Å². The van der Waals surface area contributed by atoms with Crippen LogP contribution in [0.4, 0.5) is 10.1 Å². The molecule has 5 nitrogen and oxygen atoms in total. The molecule has 0 atom stereocenters. The number of H-pyrrole nitrogens is 1. The van der Waals surface area contributed by atoms with Gasteiger partial charge in [0.05, 0.1) is 31.9 Å². The van der Waals surface area contributed by atoms with E-state index in [-0.39, 0.29) is 17.4 Å². The van der Waals surface area contributed by atoms with E-state index in [2.05, 4.69) is 9.88 Å². The quantitative estimate of drug-likeness (QED) is 0.798. The predicted octanol–water partition coefficient (Wildman–Crippen LogP) is 1.56. The summed E-state index contributed by atoms with van der Waals surface area (Å²) in [6.45, 7) is 8.95. The van der Waals surface area contributed by atoms with E-state index in [9.17, 15) is 14.0 Å². The first-order valence-corrected chi connectivity index (χ1v) is 8.94. The number of halogens is 1. The maximum Gasteiger partial charge on any atom is 0.233 e. The summed E-state index contributed by atoms with van der Waals surface area (Å²) in [5.41, 5.74) is 3.71. The van der Waals surface area contributed by atoms with Gasteiger partial charge in [0.2, 0.25) is 5.78 Å². The molecule has 1 aromatic carbocycles. The molecule has 0 bridgehead atoms. The second kappa shape index (κ2) is 7.41. The molecular weight excluding hydrogens is 333 g/mol. The average molecular weight is 358 g/mol. The summed E-state index contributed by atoms with van der Waals surface area (Å²) in [6, 6.07) is 6.53. The van der Waals surface area contributed by atoms with Crippen molar-refractivity contribution in [2.45, 2.75) is 20.8 Å². The van der Waals surface area contributed by atoms with Crippen LogP contribution in [0.15, 0.2) is 24.3 Å². The molecule has 0 radical (unpaired) electrons. The molecule has 0 unspecified atom stereocenters. The molecule has 1 saturated heterocycles. The zero-order valence-electron chi connectivity index (χ0n) is 15.5. The third kappa shape index (κ3) is 3.70. The first kappa shape index (κ1) is 18.3. The minimum atomic E-state index is -0.231. The summed E-state index contributed by atoms with van der Waals surface area (Å²) in [6.07, 6.45) is 0. The monoisotopic (exact) mass is 358 g/mol. The van der Waals surface area contributed by atoms with E-state index < -0.39 is 0 Å². The van der Waals surface area contributed by atoms with E-state index in [0.29, 0.717) is 17.8 Å². The number of aromatic amines is 1. The first-order valence-electron chi connectivity index (χ1n) is 8.94. The van der Waals surface area contributed by atoms with E-state index in [1.54, 1.807) is 12.1 Å². The van der Waals surface area contributed by atoms with Crippen molar-refractivity contribution in [1.29, 1.82) is 0 Å². The number of carbonyl (C=O) groups excluding carboxylic acids is 2. The molecule has 1 aliphatic heterocycles. The molecule has 2 aromatic rings. The summed E-state index contributed by atoms with van der Waals surface area (Å²) in [7, 11) is 0. The summed E-state index contributed by atoms with van der Waals surface area (Å²) < 4.78 is 13.0. The zero-order valence-corrected chi connectivity index (χ0v) is 15.5. The van der Waals surface area contributed by atoms with Gasteiger partial charge in [0, 0.05) is 16.9 Å². The topological polar surface area (TPSA) is 57.6 Å². The number of rotatable bonds is 5. The smallest absolute Gasteiger partial charge is 0.233 e. The zero-order chi connectivity index (χ0) is 18.8. The average Bonchev–Trinajstić information content (AvgIpc) is 2.91. The fourth-order valence-electron chi connectivity index (χ4n) is 3.78. The molecule has 0 spiro atoms. The molecule has 1 fully saturated rings. The van der Waals surface area contributed by atoms with Crippen LogP contribution in [0.2, 0.25) is 0 Å². The van der Waals surface area contributed by atoms with E-state index in [1.807, 2.05) is 13.8 Å². The maximum absolute atomic E-state index is 13.0. The highest BCUT2D eigenvalue weighted by Crippen LogP contribution is 2.18. The van der Waals surface area contributed by atoms with Crippen LogP contribution < -0.4 is 9.80 Å². The number of nitrogens with zero attached hydrogens (tertiary/aromatic N) is 1. The van der Waals surface area contributed by atoms with Gasteiger partial charge in [-0.2, -0.15) is 0 Å². The Morgan fingerprint density at radius 1 is 1.15 bits per heavy atom. The summed E-state index contributed by atoms with van der Waals surface area (Å²) in [5, 5.41) is 0. The van der Waals surface area contributed by atoms with Gasteiger partial charge in [-0.15, -0.1) is 0 Å². The Kier molecular flexibility index (Phi) is 5.23. The van der Waals surface area contributed by atoms with Crippen molar-refractivity contribution in [2.75, 3.05) is 37.6 Å². The van der Waals surface area contributed by atoms with Crippen molar-refractivity contribution >= 4 is 17.3 Å². The molecule has 2 heterocycles. The second-order valence-corrected chi connectivity index (χ2v) is 6.99. The molecule has 0 amide bonds. The van der Waals surface area contributed by atoms with Crippen LogP contribution in [0.25, 0.3) is 0 Å². The van der Waals surface area contributed by atoms with E-state index in [1.165, 1.54) is 24.0 Å². The van der Waals surface area contributed by atoms with Crippen LogP contribution in [0, 0.1) is 19.7 Å². The molecule has 138 valence electrons. The van der Waals surface area contributed by atoms with E-state index in [0.717, 1.165) is 43.1 Å². The Balaban J connectivity index is 1.61. The van der Waals surface area contributed by atoms with E-state index >= 15 is 0 Å². The number of piperazine rings is 1. The highest BCUT2D eigenvalue weighted by Gasteiger charge is 2.26. The Hall–Kier alpha value is -2.47. The number of aryl methyl sites for hydroxylation is 1. The van der Waals surface area contributed by atoms with Crippen molar-refractivity contribution in [3.8, 4) is 0 Å². The van der Waals surface area contributed by atoms with Gasteiger partial charge in [0.25, 0.3) is 0 Å². The van der Waals surface area contributed by atoms with Crippen molar-refractivity contribution in [3.05, 3.63) is 52.6 Å². The van der Waals surface area contributed by atoms with Crippen molar-refractivity contribution < 1.29 is 18.9 Å². The highest BCUT2D eigenvalue weighted by molar-refractivity contribution is 6.03. The van der Waals surface area contributed by atoms with Crippen LogP contribution in [-0.4, -0.2) is 49.3 Å². The maximum atomic E-state index is 13.0. The molecule has 3 rings (SSSR count). The number of ketones is 2. The number of benzene rings is 1. The van der Waals surface area contributed by atoms with Gasteiger partial charge in [-0.1, -0.05) is 0 Å². The Labute approximate surface area is 152 Å². The SMILES string of the molecule is CC(=O)c1c(C)[nH]c(C(=O)C[NH+]2CCN(c3ccc(F)cc3)CC2)c1C. The number of quaternary nitrogens is 1. The van der Waals surface area contributed by atoms with Crippen molar-refractivity contribution in [3.63, 3.8) is 0 Å². The summed E-state index contributed by atoms with van der Waals surface area (Å²) >= 11 is 0. The lowest BCUT2D eigenvalue weighted by Gasteiger charge is -2.33. The predicted molar refractivity (Wildman–Crippen MR) is 98.8 cm³/mol. The molecule has 2 N–H and O–H groups in total. The number of hydrogen-bond acceptors (Lipinski definition) is 3. The fraction of sp³-hybridized carbons (Fsp3) is 0.400. The number of Topliss-reactive ketones (excluding diaryl/α,β-unsaturated/α-hetero) is 2. The lowest BCUT2D eigenvalue weighted by Crippen LogP contribution is -3.15. The minimum absolute atomic E-state index is 0.0180. The Morgan fingerprint density at radius 2 is 1.77 bits per heavy atom. The molecule has 1 aliphatic rings. The number of nitrogens with one attached hydrogen (secondary N) is 2. The van der Waals surface area contributed by atoms with Crippen molar-refractivity contribution in [2.24, 2.45) is 0 Å². The standard InChI is InChI=1S/C20H24FN3O2/c1-13-19(15(3)25)14(2)22-20(13)18(26)12-23-8-10-24(11-9-23)17-6-4-16(21)5-7-17/h4-7,22H,8-12H2,1-3H3/p+1. The minimum Gasteiger partial charge on any atom is -0.360 e. The third-order valence-electron chi connectivity index (χ3n) is 5.14. The van der Waals surface area contributed by atoms with Gasteiger partial charge in [0.1, 0.15) is 12.4 Å². The molecule has 0 saturated carbocycles.